The van der Waals surface area contributed by atoms with Gasteiger partial charge in [-0.3, -0.25) is 14.3 Å². The summed E-state index contributed by atoms with van der Waals surface area (Å²) in [4.78, 5) is 30.7. The van der Waals surface area contributed by atoms with Crippen molar-refractivity contribution in [1.29, 1.82) is 0 Å². The number of nitrogens with two attached hydrogens (primary N) is 1. The van der Waals surface area contributed by atoms with Crippen molar-refractivity contribution in [2.75, 3.05) is 18.8 Å². The molecular weight excluding hydrogens is 628 g/mol. The van der Waals surface area contributed by atoms with Crippen LogP contribution in [0, 0.1) is 0 Å². The van der Waals surface area contributed by atoms with Crippen molar-refractivity contribution in [3.8, 4) is 5.75 Å². The first kappa shape index (κ1) is 34.8. The van der Waals surface area contributed by atoms with E-state index in [-0.39, 0.29) is 34.6 Å². The maximum absolute atomic E-state index is 13.3. The van der Waals surface area contributed by atoms with E-state index in [9.17, 15) is 22.8 Å². The lowest BCUT2D eigenvalue weighted by atomic mass is 10.1. The molecule has 236 valence electrons. The van der Waals surface area contributed by atoms with E-state index < -0.39 is 29.4 Å². The number of hydrogen-bond donors (Lipinski definition) is 1. The van der Waals surface area contributed by atoms with Gasteiger partial charge < -0.3 is 15.2 Å². The van der Waals surface area contributed by atoms with Crippen LogP contribution in [0.5, 0.6) is 5.75 Å². The van der Waals surface area contributed by atoms with E-state index in [1.165, 1.54) is 10.9 Å². The molecule has 1 aliphatic heterocycles. The fourth-order valence-electron chi connectivity index (χ4n) is 4.55. The maximum Gasteiger partial charge on any atom is 0.573 e. The van der Waals surface area contributed by atoms with Crippen molar-refractivity contribution < 1.29 is 27.4 Å². The standard InChI is InChI=1S/C24H24Cl2F3N3O2S.C5H11NO2/c1-2-35-20-7-6-16(25)10-15(20)12-32-14-30-22-17(23(32)33)11-19(34-24(27,28)29)18(21(22)26)13-31-8-4-3-5-9-31;1-5(2,3)8-4(6)7/h6-7,10-11,14H,2-5,8-9,12-13H2,1H3;1-3H3,(H2,6,7). The smallest absolute Gasteiger partial charge is 0.444 e. The zero-order chi connectivity index (χ0) is 31.9. The first-order chi connectivity index (χ1) is 20.1. The molecule has 1 fully saturated rings. The summed E-state index contributed by atoms with van der Waals surface area (Å²) in [6, 6.07) is 6.53. The van der Waals surface area contributed by atoms with Crippen LogP contribution in [0.25, 0.3) is 10.9 Å². The number of likely N-dealkylation sites (tertiary alicyclic amines) is 1. The Bertz CT molecular complexity index is 1490. The number of benzene rings is 2. The minimum atomic E-state index is -4.93. The Hall–Kier alpha value is -2.67. The molecule has 1 aromatic heterocycles. The summed E-state index contributed by atoms with van der Waals surface area (Å²) in [6.45, 7) is 9.16. The highest BCUT2D eigenvalue weighted by molar-refractivity contribution is 7.99. The molecule has 1 aliphatic rings. The predicted octanol–water partition coefficient (Wildman–Crippen LogP) is 7.63. The van der Waals surface area contributed by atoms with Crippen LogP contribution < -0.4 is 16.0 Å². The second-order valence-corrected chi connectivity index (χ2v) is 13.0. The number of thioether (sulfide) groups is 1. The van der Waals surface area contributed by atoms with Gasteiger partial charge in [0.15, 0.2) is 0 Å². The van der Waals surface area contributed by atoms with E-state index in [1.54, 1.807) is 44.7 Å². The van der Waals surface area contributed by atoms with Crippen LogP contribution in [-0.4, -0.2) is 51.4 Å². The lowest BCUT2D eigenvalue weighted by Gasteiger charge is -2.28. The molecule has 0 unspecified atom stereocenters. The maximum atomic E-state index is 13.3. The van der Waals surface area contributed by atoms with Crippen molar-refractivity contribution in [2.24, 2.45) is 5.73 Å². The first-order valence-electron chi connectivity index (χ1n) is 13.7. The normalized spacial score (nSPS) is 14.3. The van der Waals surface area contributed by atoms with Crippen LogP contribution in [-0.2, 0) is 17.8 Å². The molecule has 0 spiro atoms. The third-order valence-electron chi connectivity index (χ3n) is 6.24. The highest BCUT2D eigenvalue weighted by atomic mass is 35.5. The van der Waals surface area contributed by atoms with E-state index >= 15 is 0 Å². The number of ether oxygens (including phenoxy) is 2. The van der Waals surface area contributed by atoms with E-state index in [4.69, 9.17) is 28.9 Å². The quantitative estimate of drug-likeness (QED) is 0.260. The number of primary amides is 1. The van der Waals surface area contributed by atoms with Crippen molar-refractivity contribution in [3.05, 3.63) is 62.1 Å². The van der Waals surface area contributed by atoms with Gasteiger partial charge in [-0.25, -0.2) is 9.78 Å². The van der Waals surface area contributed by atoms with Crippen LogP contribution in [0.4, 0.5) is 18.0 Å². The summed E-state index contributed by atoms with van der Waals surface area (Å²) >= 11 is 14.3. The number of carbonyl (C=O) groups excluding carboxylic acids is 1. The van der Waals surface area contributed by atoms with Gasteiger partial charge in [0.1, 0.15) is 11.4 Å². The van der Waals surface area contributed by atoms with Crippen LogP contribution in [0.15, 0.2) is 40.3 Å². The van der Waals surface area contributed by atoms with Gasteiger partial charge in [-0.2, -0.15) is 0 Å². The molecule has 1 saturated heterocycles. The molecule has 8 nitrogen and oxygen atoms in total. The molecule has 0 aliphatic carbocycles. The molecular formula is C29H35Cl2F3N4O4S. The van der Waals surface area contributed by atoms with Crippen LogP contribution in [0.2, 0.25) is 10.0 Å². The van der Waals surface area contributed by atoms with Crippen molar-refractivity contribution in [3.63, 3.8) is 0 Å². The van der Waals surface area contributed by atoms with Gasteiger partial charge in [0.25, 0.3) is 5.56 Å². The molecule has 43 heavy (non-hydrogen) atoms. The molecule has 2 N–H and O–H groups in total. The topological polar surface area (TPSA) is 99.7 Å². The Kier molecular flexibility index (Phi) is 12.0. The largest absolute Gasteiger partial charge is 0.573 e. The van der Waals surface area contributed by atoms with Crippen molar-refractivity contribution >= 4 is 52.0 Å². The molecule has 0 atom stereocenters. The van der Waals surface area contributed by atoms with E-state index in [2.05, 4.69) is 14.5 Å². The number of halogens is 5. The number of fused-ring (bicyclic) bond motifs is 1. The Balaban J connectivity index is 0.000000557. The molecule has 14 heteroatoms. The highest BCUT2D eigenvalue weighted by Gasteiger charge is 2.34. The molecule has 2 heterocycles. The van der Waals surface area contributed by atoms with Gasteiger partial charge in [0.05, 0.1) is 28.8 Å². The SMILES string of the molecule is CC(C)(C)OC(N)=O.CCSc1ccc(Cl)cc1Cn1cnc2c(Cl)c(CN3CCCCC3)c(OC(F)(F)F)cc2c1=O. The van der Waals surface area contributed by atoms with E-state index in [0.717, 1.165) is 54.6 Å². The first-order valence-corrected chi connectivity index (χ1v) is 15.4. The molecule has 0 bridgehead atoms. The summed E-state index contributed by atoms with van der Waals surface area (Å²) in [6.07, 6.45) is -1.27. The number of carbonyl (C=O) groups is 1. The molecule has 0 saturated carbocycles. The van der Waals surface area contributed by atoms with Gasteiger partial charge in [-0.15, -0.1) is 24.9 Å². The number of aromatic nitrogens is 2. The molecule has 0 radical (unpaired) electrons. The number of alkyl halides is 3. The lowest BCUT2D eigenvalue weighted by molar-refractivity contribution is -0.274. The van der Waals surface area contributed by atoms with Crippen LogP contribution in [0.3, 0.4) is 0 Å². The Labute approximate surface area is 262 Å². The minimum Gasteiger partial charge on any atom is -0.444 e. The van der Waals surface area contributed by atoms with E-state index in [0.29, 0.717) is 5.02 Å². The molecule has 4 rings (SSSR count). The Morgan fingerprint density at radius 2 is 1.77 bits per heavy atom. The average Bonchev–Trinajstić information content (AvgIpc) is 2.88. The summed E-state index contributed by atoms with van der Waals surface area (Å²) in [5.41, 5.74) is 4.90. The second-order valence-electron chi connectivity index (χ2n) is 10.8. The third kappa shape index (κ3) is 10.5. The molecule has 2 aromatic carbocycles. The van der Waals surface area contributed by atoms with E-state index in [1.807, 2.05) is 17.9 Å². The lowest BCUT2D eigenvalue weighted by Crippen LogP contribution is -2.30. The fraction of sp³-hybridized carbons (Fsp3) is 0.483. The molecule has 1 amide bonds. The zero-order valence-corrected chi connectivity index (χ0v) is 26.7. The number of nitrogens with zero attached hydrogens (tertiary/aromatic N) is 3. The van der Waals surface area contributed by atoms with Gasteiger partial charge >= 0.3 is 12.5 Å². The fourth-order valence-corrected chi connectivity index (χ4v) is 5.83. The third-order valence-corrected chi connectivity index (χ3v) is 7.88. The second kappa shape index (κ2) is 14.9. The Morgan fingerprint density at radius 3 is 2.33 bits per heavy atom. The zero-order valence-electron chi connectivity index (χ0n) is 24.4. The van der Waals surface area contributed by atoms with Gasteiger partial charge in [0, 0.05) is 22.0 Å². The van der Waals surface area contributed by atoms with Crippen LogP contribution >= 0.6 is 35.0 Å². The number of hydrogen-bond acceptors (Lipinski definition) is 7. The summed E-state index contributed by atoms with van der Waals surface area (Å²) < 4.78 is 50.0. The Morgan fingerprint density at radius 1 is 1.09 bits per heavy atom. The number of piperidine rings is 1. The average molecular weight is 664 g/mol. The highest BCUT2D eigenvalue weighted by Crippen LogP contribution is 2.37. The van der Waals surface area contributed by atoms with Gasteiger partial charge in [-0.05, 0) is 82.3 Å². The van der Waals surface area contributed by atoms with Crippen LogP contribution in [0.1, 0.15) is 58.1 Å². The number of rotatable bonds is 7. The monoisotopic (exact) mass is 662 g/mol. The number of amides is 1. The minimum absolute atomic E-state index is 0.00144. The van der Waals surface area contributed by atoms with Crippen molar-refractivity contribution in [2.45, 2.75) is 76.9 Å². The summed E-state index contributed by atoms with van der Waals surface area (Å²) in [7, 11) is 0. The van der Waals surface area contributed by atoms with Crippen molar-refractivity contribution in [1.82, 2.24) is 14.5 Å². The predicted molar refractivity (Wildman–Crippen MR) is 164 cm³/mol. The summed E-state index contributed by atoms with van der Waals surface area (Å²) in [5, 5.41) is 0.487. The summed E-state index contributed by atoms with van der Waals surface area (Å²) in [5.74, 6) is 0.356. The molecule has 3 aromatic rings. The van der Waals surface area contributed by atoms with Gasteiger partial charge in [0.2, 0.25) is 0 Å². The van der Waals surface area contributed by atoms with Gasteiger partial charge in [-0.1, -0.05) is 36.5 Å².